The summed E-state index contributed by atoms with van der Waals surface area (Å²) in [5.74, 6) is 4.95. The van der Waals surface area contributed by atoms with Crippen molar-refractivity contribution >= 4 is 22.3 Å². The molecule has 2 saturated carbocycles. The van der Waals surface area contributed by atoms with Crippen LogP contribution in [0, 0.1) is 39.7 Å². The zero-order chi connectivity index (χ0) is 24.4. The molecular weight excluding hydrogens is 446 g/mol. The molecule has 1 aromatic rings. The Kier molecular flexibility index (Phi) is 5.91. The van der Waals surface area contributed by atoms with Crippen molar-refractivity contribution in [1.29, 1.82) is 0 Å². The van der Waals surface area contributed by atoms with E-state index in [0.29, 0.717) is 23.5 Å². The van der Waals surface area contributed by atoms with Crippen LogP contribution in [0.3, 0.4) is 0 Å². The fraction of sp³-hybridized carbons (Fsp3) is 0.692. The van der Waals surface area contributed by atoms with Gasteiger partial charge in [0.05, 0.1) is 4.92 Å². The molecule has 180 valence electrons. The topological polar surface area (TPSA) is 61.6 Å². The van der Waals surface area contributed by atoms with Gasteiger partial charge in [-0.15, -0.1) is 6.42 Å². The largest absolute Gasteiger partial charge is 0.540 e. The van der Waals surface area contributed by atoms with Crippen LogP contribution in [0.2, 0.25) is 39.3 Å². The lowest BCUT2D eigenvalue weighted by molar-refractivity contribution is -0.386. The van der Waals surface area contributed by atoms with Crippen LogP contribution in [0.4, 0.5) is 5.69 Å². The molecule has 1 aromatic carbocycles. The third-order valence-electron chi connectivity index (χ3n) is 8.28. The highest BCUT2D eigenvalue weighted by atomic mass is 28.4. The molecule has 3 aliphatic rings. The standard InChI is InChI=1S/C26H39NO4Si2/c1-9-26(31-33(6,7)8)17-15-22-20-10-11-21-18(19(20)14-16-25(22,26)2)12-13-23(24(21)27(28)29)30-32(3,4)5/h1,12-13,19-20,22H,10-11,14-17H2,2-8H3/t19-,20-,22+,25+,26+/m1/s1. The van der Waals surface area contributed by atoms with Crippen LogP contribution in [0.1, 0.15) is 56.1 Å². The van der Waals surface area contributed by atoms with Gasteiger partial charge < -0.3 is 8.85 Å². The fourth-order valence-electron chi connectivity index (χ4n) is 7.20. The summed E-state index contributed by atoms with van der Waals surface area (Å²) in [5.41, 5.74) is 1.77. The maximum atomic E-state index is 12.1. The Morgan fingerprint density at radius 2 is 1.79 bits per heavy atom. The molecule has 0 spiro atoms. The van der Waals surface area contributed by atoms with Crippen molar-refractivity contribution in [2.75, 3.05) is 0 Å². The summed E-state index contributed by atoms with van der Waals surface area (Å²) in [7, 11) is -3.77. The highest BCUT2D eigenvalue weighted by molar-refractivity contribution is 6.70. The number of hydrogen-bond acceptors (Lipinski definition) is 4. The normalized spacial score (nSPS) is 33.5. The van der Waals surface area contributed by atoms with E-state index in [1.54, 1.807) is 0 Å². The molecule has 0 amide bonds. The Morgan fingerprint density at radius 3 is 2.36 bits per heavy atom. The molecule has 0 saturated heterocycles. The Bertz CT molecular complexity index is 1010. The van der Waals surface area contributed by atoms with E-state index in [4.69, 9.17) is 15.3 Å². The van der Waals surface area contributed by atoms with Gasteiger partial charge in [0, 0.05) is 11.0 Å². The number of nitrogens with zero attached hydrogens (tertiary/aromatic N) is 1. The average molecular weight is 486 g/mol. The minimum absolute atomic E-state index is 0.0342. The van der Waals surface area contributed by atoms with Crippen LogP contribution in [0.25, 0.3) is 0 Å². The number of nitro benzene ring substituents is 1. The SMILES string of the molecule is C#C[C@]1(O[Si](C)(C)C)CC[C@H]2[C@@H]3CCc4c(ccc(O[Si](C)(C)C)c4[N+](=O)[O-])[C@H]3CC[C@@]21C. The Hall–Kier alpha value is -1.63. The first-order valence-electron chi connectivity index (χ1n) is 12.4. The predicted octanol–water partition coefficient (Wildman–Crippen LogP) is 6.89. The van der Waals surface area contributed by atoms with Crippen LogP contribution in [-0.2, 0) is 10.8 Å². The first-order valence-corrected chi connectivity index (χ1v) is 19.2. The van der Waals surface area contributed by atoms with E-state index in [-0.39, 0.29) is 16.0 Å². The van der Waals surface area contributed by atoms with Gasteiger partial charge in [-0.25, -0.2) is 0 Å². The molecule has 33 heavy (non-hydrogen) atoms. The molecule has 0 radical (unpaired) electrons. The summed E-state index contributed by atoms with van der Waals surface area (Å²) in [5, 5.41) is 12.1. The van der Waals surface area contributed by atoms with Gasteiger partial charge in [-0.3, -0.25) is 10.1 Å². The zero-order valence-electron chi connectivity index (χ0n) is 21.3. The lowest BCUT2D eigenvalue weighted by atomic mass is 9.53. The van der Waals surface area contributed by atoms with Crippen molar-refractivity contribution in [3.8, 4) is 18.1 Å². The first kappa shape index (κ1) is 24.5. The van der Waals surface area contributed by atoms with Gasteiger partial charge in [0.15, 0.2) is 14.1 Å². The quantitative estimate of drug-likeness (QED) is 0.197. The number of hydrogen-bond donors (Lipinski definition) is 0. The van der Waals surface area contributed by atoms with Crippen molar-refractivity contribution in [1.82, 2.24) is 0 Å². The van der Waals surface area contributed by atoms with Gasteiger partial charge in [0.2, 0.25) is 8.32 Å². The van der Waals surface area contributed by atoms with Crippen molar-refractivity contribution in [3.05, 3.63) is 33.4 Å². The third-order valence-corrected chi connectivity index (χ3v) is 10.1. The predicted molar refractivity (Wildman–Crippen MR) is 138 cm³/mol. The molecule has 4 rings (SSSR count). The summed E-state index contributed by atoms with van der Waals surface area (Å²) < 4.78 is 12.9. The number of rotatable bonds is 5. The minimum Gasteiger partial charge on any atom is -0.540 e. The highest BCUT2D eigenvalue weighted by Gasteiger charge is 2.63. The second kappa shape index (κ2) is 7.96. The molecule has 0 N–H and O–H groups in total. The fourth-order valence-corrected chi connectivity index (χ4v) is 9.46. The molecule has 0 bridgehead atoms. The molecule has 0 heterocycles. The molecule has 0 unspecified atom stereocenters. The lowest BCUT2D eigenvalue weighted by Gasteiger charge is -2.54. The van der Waals surface area contributed by atoms with Crippen LogP contribution in [0.15, 0.2) is 12.1 Å². The molecule has 0 aliphatic heterocycles. The molecule has 2 fully saturated rings. The second-order valence-electron chi connectivity index (χ2n) is 12.5. The van der Waals surface area contributed by atoms with E-state index in [0.717, 1.165) is 44.1 Å². The van der Waals surface area contributed by atoms with E-state index in [2.05, 4.69) is 58.2 Å². The van der Waals surface area contributed by atoms with Crippen molar-refractivity contribution in [2.24, 2.45) is 17.3 Å². The van der Waals surface area contributed by atoms with Gasteiger partial charge in [0.1, 0.15) is 5.60 Å². The molecule has 5 atom stereocenters. The van der Waals surface area contributed by atoms with E-state index >= 15 is 0 Å². The molecule has 0 aromatic heterocycles. The Balaban J connectivity index is 1.71. The average Bonchev–Trinajstić information content (AvgIpc) is 2.97. The summed E-state index contributed by atoms with van der Waals surface area (Å²) in [4.78, 5) is 11.9. The molecule has 5 nitrogen and oxygen atoms in total. The van der Waals surface area contributed by atoms with E-state index in [1.807, 2.05) is 6.07 Å². The molecular formula is C26H39NO4Si2. The van der Waals surface area contributed by atoms with E-state index in [1.165, 1.54) is 5.56 Å². The van der Waals surface area contributed by atoms with Crippen LogP contribution in [0.5, 0.6) is 5.75 Å². The number of fused-ring (bicyclic) bond motifs is 5. The van der Waals surface area contributed by atoms with Crippen LogP contribution in [-0.4, -0.2) is 27.2 Å². The maximum absolute atomic E-state index is 12.1. The van der Waals surface area contributed by atoms with E-state index in [9.17, 15) is 10.1 Å². The van der Waals surface area contributed by atoms with Crippen molar-refractivity contribution < 1.29 is 13.8 Å². The van der Waals surface area contributed by atoms with Gasteiger partial charge in [-0.1, -0.05) is 18.9 Å². The molecule has 7 heteroatoms. The van der Waals surface area contributed by atoms with Crippen LogP contribution >= 0.6 is 0 Å². The monoisotopic (exact) mass is 485 g/mol. The summed E-state index contributed by atoms with van der Waals surface area (Å²) in [6, 6.07) is 3.99. The van der Waals surface area contributed by atoms with E-state index < -0.39 is 22.2 Å². The maximum Gasteiger partial charge on any atom is 0.312 e. The summed E-state index contributed by atoms with van der Waals surface area (Å²) >= 11 is 0. The smallest absolute Gasteiger partial charge is 0.312 e. The number of benzene rings is 1. The summed E-state index contributed by atoms with van der Waals surface area (Å²) in [6.45, 7) is 15.2. The first-order chi connectivity index (χ1) is 15.2. The van der Waals surface area contributed by atoms with Crippen molar-refractivity contribution in [2.45, 2.75) is 96.2 Å². The second-order valence-corrected chi connectivity index (χ2v) is 21.4. The lowest BCUT2D eigenvalue weighted by Crippen LogP contribution is -2.54. The molecule has 3 aliphatic carbocycles. The van der Waals surface area contributed by atoms with Gasteiger partial charge in [-0.2, -0.15) is 0 Å². The van der Waals surface area contributed by atoms with Crippen LogP contribution < -0.4 is 4.43 Å². The van der Waals surface area contributed by atoms with Gasteiger partial charge in [-0.05, 0) is 107 Å². The Labute approximate surface area is 201 Å². The number of terminal acetylenes is 1. The van der Waals surface area contributed by atoms with Gasteiger partial charge >= 0.3 is 5.69 Å². The summed E-state index contributed by atoms with van der Waals surface area (Å²) in [6.07, 6.45) is 11.9. The third kappa shape index (κ3) is 4.08. The van der Waals surface area contributed by atoms with Gasteiger partial charge in [0.25, 0.3) is 0 Å². The minimum atomic E-state index is -1.96. The van der Waals surface area contributed by atoms with Crippen molar-refractivity contribution in [3.63, 3.8) is 0 Å². The highest BCUT2D eigenvalue weighted by Crippen LogP contribution is 2.66. The Morgan fingerprint density at radius 1 is 1.09 bits per heavy atom. The number of nitro groups is 1. The zero-order valence-corrected chi connectivity index (χ0v) is 23.3.